The van der Waals surface area contributed by atoms with Crippen LogP contribution in [0.1, 0.15) is 40.0 Å². The lowest BCUT2D eigenvalue weighted by molar-refractivity contribution is -0.0402. The zero-order valence-corrected chi connectivity index (χ0v) is 11.3. The van der Waals surface area contributed by atoms with Gasteiger partial charge in [0.2, 0.25) is 0 Å². The van der Waals surface area contributed by atoms with E-state index < -0.39 is 0 Å². The maximum absolute atomic E-state index is 8.45. The number of thioether (sulfide) groups is 1. The number of nitriles is 1. The molecule has 0 heterocycles. The highest BCUT2D eigenvalue weighted by molar-refractivity contribution is 8.03. The van der Waals surface area contributed by atoms with Crippen LogP contribution < -0.4 is 0 Å². The van der Waals surface area contributed by atoms with Crippen LogP contribution in [0.5, 0.6) is 0 Å². The smallest absolute Gasteiger partial charge is 0.133 e. The Morgan fingerprint density at radius 3 is 2.69 bits per heavy atom. The quantitative estimate of drug-likeness (QED) is 0.556. The number of nitrogens with zero attached hydrogens (tertiary/aromatic N) is 1. The van der Waals surface area contributed by atoms with Gasteiger partial charge in [-0.3, -0.25) is 0 Å². The van der Waals surface area contributed by atoms with Gasteiger partial charge in [-0.2, -0.15) is 5.26 Å². The van der Waals surface area contributed by atoms with Gasteiger partial charge in [-0.15, -0.1) is 0 Å². The third-order valence-electron chi connectivity index (χ3n) is 5.28. The molecule has 0 N–H and O–H groups in total. The molecule has 0 unspecified atom stereocenters. The topological polar surface area (TPSA) is 33.0 Å². The van der Waals surface area contributed by atoms with Crippen LogP contribution in [-0.4, -0.2) is 18.5 Å². The molecule has 0 radical (unpaired) electrons. The van der Waals surface area contributed by atoms with Crippen molar-refractivity contribution >= 4 is 11.8 Å². The van der Waals surface area contributed by atoms with Gasteiger partial charge >= 0.3 is 0 Å². The van der Waals surface area contributed by atoms with E-state index in [0.717, 1.165) is 18.3 Å². The summed E-state index contributed by atoms with van der Waals surface area (Å²) in [7, 11) is 0. The van der Waals surface area contributed by atoms with Gasteiger partial charge in [-0.25, -0.2) is 0 Å². The van der Waals surface area contributed by atoms with Gasteiger partial charge in [0.1, 0.15) is 5.40 Å². The van der Waals surface area contributed by atoms with Crippen LogP contribution >= 0.6 is 11.8 Å². The molecule has 3 heteroatoms. The zero-order chi connectivity index (χ0) is 11.8. The first kappa shape index (κ1) is 12.3. The van der Waals surface area contributed by atoms with Crippen LogP contribution in [0.4, 0.5) is 0 Å². The van der Waals surface area contributed by atoms with Gasteiger partial charge in [0.25, 0.3) is 0 Å². The third-order valence-corrected chi connectivity index (χ3v) is 5.78. The number of hydrogen-bond acceptors (Lipinski definition) is 3. The molecule has 0 aliphatic heterocycles. The fourth-order valence-electron chi connectivity index (χ4n) is 3.66. The number of ether oxygens (including phenoxy) is 1. The predicted octanol–water partition coefficient (Wildman–Crippen LogP) is 3.43. The molecule has 2 nitrogen and oxygen atoms in total. The van der Waals surface area contributed by atoms with Gasteiger partial charge in [-0.05, 0) is 47.8 Å². The Balaban J connectivity index is 1.92. The molecule has 0 saturated heterocycles. The predicted molar refractivity (Wildman–Crippen MR) is 67.0 cm³/mol. The highest BCUT2D eigenvalue weighted by Crippen LogP contribution is 2.66. The van der Waals surface area contributed by atoms with Gasteiger partial charge in [0, 0.05) is 5.75 Å². The van der Waals surface area contributed by atoms with Crippen molar-refractivity contribution in [2.75, 3.05) is 12.4 Å². The van der Waals surface area contributed by atoms with E-state index in [-0.39, 0.29) is 0 Å². The first-order valence-electron chi connectivity index (χ1n) is 6.15. The second-order valence-electron chi connectivity index (χ2n) is 5.91. The lowest BCUT2D eigenvalue weighted by Gasteiger charge is -2.38. The van der Waals surface area contributed by atoms with Gasteiger partial charge < -0.3 is 4.74 Å². The molecular formula is C13H21NOS. The minimum absolute atomic E-state index is 0.356. The molecule has 0 aromatic rings. The van der Waals surface area contributed by atoms with E-state index in [2.05, 4.69) is 26.2 Å². The summed E-state index contributed by atoms with van der Waals surface area (Å²) in [5.41, 5.74) is 0.787. The summed E-state index contributed by atoms with van der Waals surface area (Å²) in [5, 5.41) is 10.5. The molecule has 16 heavy (non-hydrogen) atoms. The van der Waals surface area contributed by atoms with Gasteiger partial charge in [0.05, 0.1) is 12.7 Å². The normalized spacial score (nSPS) is 39.9. The molecule has 0 amide bonds. The van der Waals surface area contributed by atoms with Crippen LogP contribution in [0.15, 0.2) is 0 Å². The molecule has 2 aliphatic carbocycles. The summed E-state index contributed by atoms with van der Waals surface area (Å²) in [5.74, 6) is 1.64. The highest BCUT2D eigenvalue weighted by atomic mass is 32.2. The summed E-state index contributed by atoms with van der Waals surface area (Å²) in [6.45, 7) is 7.92. The summed E-state index contributed by atoms with van der Waals surface area (Å²) in [6, 6.07) is 0. The average molecular weight is 239 g/mol. The highest BCUT2D eigenvalue weighted by Gasteiger charge is 2.61. The van der Waals surface area contributed by atoms with Crippen molar-refractivity contribution in [3.8, 4) is 5.40 Å². The Bertz CT molecular complexity index is 310. The summed E-state index contributed by atoms with van der Waals surface area (Å²) in [6.07, 6.45) is 4.32. The van der Waals surface area contributed by atoms with Crippen molar-refractivity contribution in [2.45, 2.75) is 46.1 Å². The Kier molecular flexibility index (Phi) is 3.25. The molecule has 2 fully saturated rings. The Morgan fingerprint density at radius 2 is 2.19 bits per heavy atom. The SMILES string of the molecule is CC1(C)[C@H]2CC[C@@]1(C)[C@@H](OCCSC#N)C2. The minimum Gasteiger partial charge on any atom is -0.377 e. The molecular weight excluding hydrogens is 218 g/mol. The molecule has 2 rings (SSSR count). The largest absolute Gasteiger partial charge is 0.377 e. The van der Waals surface area contributed by atoms with Crippen molar-refractivity contribution in [3.63, 3.8) is 0 Å². The van der Waals surface area contributed by atoms with E-state index in [4.69, 9.17) is 10.00 Å². The van der Waals surface area contributed by atoms with E-state index in [9.17, 15) is 0 Å². The first-order chi connectivity index (χ1) is 7.52. The van der Waals surface area contributed by atoms with Crippen molar-refractivity contribution in [2.24, 2.45) is 16.7 Å². The molecule has 2 saturated carbocycles. The van der Waals surface area contributed by atoms with Gasteiger partial charge in [0.15, 0.2) is 0 Å². The molecule has 3 atom stereocenters. The van der Waals surface area contributed by atoms with Crippen molar-refractivity contribution in [1.82, 2.24) is 0 Å². The van der Waals surface area contributed by atoms with E-state index in [1.54, 1.807) is 0 Å². The maximum atomic E-state index is 8.45. The molecule has 2 bridgehead atoms. The lowest BCUT2D eigenvalue weighted by Crippen LogP contribution is -2.37. The minimum atomic E-state index is 0.356. The van der Waals surface area contributed by atoms with Gasteiger partial charge in [-0.1, -0.05) is 20.8 Å². The summed E-state index contributed by atoms with van der Waals surface area (Å²) in [4.78, 5) is 0. The fourth-order valence-corrected chi connectivity index (χ4v) is 3.93. The van der Waals surface area contributed by atoms with Crippen molar-refractivity contribution < 1.29 is 4.74 Å². The van der Waals surface area contributed by atoms with E-state index in [1.807, 2.05) is 0 Å². The Morgan fingerprint density at radius 1 is 1.44 bits per heavy atom. The second-order valence-corrected chi connectivity index (χ2v) is 6.79. The third kappa shape index (κ3) is 1.67. The molecule has 2 aliphatic rings. The maximum Gasteiger partial charge on any atom is 0.133 e. The van der Waals surface area contributed by atoms with Crippen molar-refractivity contribution in [1.29, 1.82) is 5.26 Å². The zero-order valence-electron chi connectivity index (χ0n) is 10.5. The Hall–Kier alpha value is -0.200. The van der Waals surface area contributed by atoms with E-state index in [1.165, 1.54) is 31.0 Å². The lowest BCUT2D eigenvalue weighted by atomic mass is 9.70. The summed E-state index contributed by atoms with van der Waals surface area (Å²) < 4.78 is 6.01. The Labute approximate surface area is 103 Å². The average Bonchev–Trinajstić information content (AvgIpc) is 2.57. The molecule has 90 valence electrons. The van der Waals surface area contributed by atoms with Crippen molar-refractivity contribution in [3.05, 3.63) is 0 Å². The second kappa shape index (κ2) is 4.23. The van der Waals surface area contributed by atoms with Crippen LogP contribution in [0, 0.1) is 27.4 Å². The first-order valence-corrected chi connectivity index (χ1v) is 7.13. The number of fused-ring (bicyclic) bond motifs is 2. The molecule has 0 spiro atoms. The van der Waals surface area contributed by atoms with E-state index >= 15 is 0 Å². The van der Waals surface area contributed by atoms with E-state index in [0.29, 0.717) is 16.9 Å². The van der Waals surface area contributed by atoms with Crippen LogP contribution in [0.25, 0.3) is 0 Å². The number of rotatable bonds is 4. The summed E-state index contributed by atoms with van der Waals surface area (Å²) >= 11 is 1.29. The molecule has 0 aromatic carbocycles. The van der Waals surface area contributed by atoms with Crippen LogP contribution in [-0.2, 0) is 4.74 Å². The number of hydrogen-bond donors (Lipinski definition) is 0. The van der Waals surface area contributed by atoms with Crippen LogP contribution in [0.3, 0.4) is 0 Å². The fraction of sp³-hybridized carbons (Fsp3) is 0.923. The molecule has 0 aromatic heterocycles. The van der Waals surface area contributed by atoms with Crippen LogP contribution in [0.2, 0.25) is 0 Å². The number of thiocyanates is 1. The monoisotopic (exact) mass is 239 g/mol. The standard InChI is InChI=1S/C13H21NOS/c1-12(2)10-4-5-13(12,3)11(8-10)15-6-7-16-9-14/h10-11H,4-8H2,1-3H3/t10-,11-,13-/m0/s1.